The fraction of sp³-hybridized carbons (Fsp3) is 0.517. The lowest BCUT2D eigenvalue weighted by Crippen LogP contribution is -2.48. The number of aromatic nitrogens is 1. The molecule has 0 bridgehead atoms. The van der Waals surface area contributed by atoms with Gasteiger partial charge in [0.05, 0.1) is 30.1 Å². The zero-order chi connectivity index (χ0) is 27.1. The summed E-state index contributed by atoms with van der Waals surface area (Å²) in [5, 5.41) is 3.06. The van der Waals surface area contributed by atoms with Crippen LogP contribution in [0.25, 0.3) is 0 Å². The highest BCUT2D eigenvalue weighted by molar-refractivity contribution is 7.99. The molecule has 3 amide bonds. The zero-order valence-corrected chi connectivity index (χ0v) is 22.9. The summed E-state index contributed by atoms with van der Waals surface area (Å²) in [5.41, 5.74) is 1.20. The number of carbonyl (C=O) groups excluding carboxylic acids is 3. The second kappa shape index (κ2) is 13.2. The molecule has 2 aromatic rings. The van der Waals surface area contributed by atoms with Gasteiger partial charge in [0.25, 0.3) is 11.8 Å². The van der Waals surface area contributed by atoms with Crippen LogP contribution in [0.2, 0.25) is 0 Å². The van der Waals surface area contributed by atoms with Gasteiger partial charge in [-0.15, -0.1) is 0 Å². The minimum Gasteiger partial charge on any atom is -0.496 e. The molecule has 1 saturated carbocycles. The van der Waals surface area contributed by atoms with E-state index in [-0.39, 0.29) is 29.5 Å². The van der Waals surface area contributed by atoms with Crippen LogP contribution < -0.4 is 10.1 Å². The first kappa shape index (κ1) is 28.1. The molecule has 2 aliphatic rings. The summed E-state index contributed by atoms with van der Waals surface area (Å²) < 4.78 is 19.5. The molecule has 9 heteroatoms. The Balaban J connectivity index is 1.41. The predicted molar refractivity (Wildman–Crippen MR) is 146 cm³/mol. The molecule has 1 aromatic heterocycles. The molecule has 7 nitrogen and oxygen atoms in total. The van der Waals surface area contributed by atoms with E-state index in [2.05, 4.69) is 10.3 Å². The summed E-state index contributed by atoms with van der Waals surface area (Å²) in [6.07, 6.45) is 7.28. The maximum atomic E-state index is 14.2. The standard InChI is InChI=1S/C29H36FN3O4S/c1-19(34)33(23-10-8-22(9-11-23)32-28(35)24-5-3-4-6-27(24)37-2)29(36)25-17-21(30)18-31-26(25)12-7-20-13-15-38-16-14-20/h3-6,17-18,20,22-23H,7-16H2,1-2H3,(H,32,35). The van der Waals surface area contributed by atoms with Crippen molar-refractivity contribution >= 4 is 29.5 Å². The second-order valence-electron chi connectivity index (χ2n) is 10.1. The molecule has 2 heterocycles. The third-order valence-electron chi connectivity index (χ3n) is 7.60. The van der Waals surface area contributed by atoms with Crippen molar-refractivity contribution in [3.8, 4) is 5.75 Å². The van der Waals surface area contributed by atoms with Gasteiger partial charge in [0.2, 0.25) is 5.91 Å². The van der Waals surface area contributed by atoms with E-state index < -0.39 is 11.7 Å². The van der Waals surface area contributed by atoms with Crippen LogP contribution in [-0.2, 0) is 11.2 Å². The molecular weight excluding hydrogens is 505 g/mol. The molecule has 1 aliphatic heterocycles. The number of nitrogens with one attached hydrogen (secondary N) is 1. The number of halogens is 1. The van der Waals surface area contributed by atoms with Crippen LogP contribution in [0.5, 0.6) is 5.75 Å². The first-order valence-corrected chi connectivity index (χ1v) is 14.5. The number of pyridine rings is 1. The second-order valence-corrected chi connectivity index (χ2v) is 11.3. The van der Waals surface area contributed by atoms with Gasteiger partial charge in [0.15, 0.2) is 0 Å². The number of imide groups is 1. The average Bonchev–Trinajstić information content (AvgIpc) is 2.93. The van der Waals surface area contributed by atoms with Crippen molar-refractivity contribution < 1.29 is 23.5 Å². The van der Waals surface area contributed by atoms with Crippen LogP contribution in [0.15, 0.2) is 36.5 Å². The highest BCUT2D eigenvalue weighted by atomic mass is 32.2. The molecule has 1 aromatic carbocycles. The van der Waals surface area contributed by atoms with Crippen LogP contribution >= 0.6 is 11.8 Å². The van der Waals surface area contributed by atoms with Crippen molar-refractivity contribution in [2.75, 3.05) is 18.6 Å². The Bertz CT molecular complexity index is 1150. The summed E-state index contributed by atoms with van der Waals surface area (Å²) in [6.45, 7) is 1.37. The number of ether oxygens (including phenoxy) is 1. The SMILES string of the molecule is COc1ccccc1C(=O)NC1CCC(N(C(C)=O)C(=O)c2cc(F)cnc2CCC2CCSCC2)CC1. The van der Waals surface area contributed by atoms with Crippen molar-refractivity contribution in [1.29, 1.82) is 0 Å². The van der Waals surface area contributed by atoms with E-state index in [4.69, 9.17) is 4.74 Å². The molecule has 4 rings (SSSR count). The third kappa shape index (κ3) is 6.92. The topological polar surface area (TPSA) is 88.6 Å². The summed E-state index contributed by atoms with van der Waals surface area (Å²) in [5.74, 6) is 1.73. The monoisotopic (exact) mass is 541 g/mol. The predicted octanol–water partition coefficient (Wildman–Crippen LogP) is 5.04. The maximum Gasteiger partial charge on any atom is 0.262 e. The molecule has 1 aliphatic carbocycles. The van der Waals surface area contributed by atoms with Gasteiger partial charge in [-0.05, 0) is 87.0 Å². The molecule has 0 unspecified atom stereocenters. The van der Waals surface area contributed by atoms with E-state index in [0.717, 1.165) is 37.0 Å². The number of aryl methyl sites for hydroxylation is 1. The molecule has 0 atom stereocenters. The van der Waals surface area contributed by atoms with E-state index in [1.165, 1.54) is 25.0 Å². The number of benzene rings is 1. The van der Waals surface area contributed by atoms with Crippen LogP contribution in [0.1, 0.15) is 78.3 Å². The van der Waals surface area contributed by atoms with E-state index in [0.29, 0.717) is 55.0 Å². The van der Waals surface area contributed by atoms with Gasteiger partial charge in [-0.1, -0.05) is 12.1 Å². The third-order valence-corrected chi connectivity index (χ3v) is 8.65. The molecule has 2 fully saturated rings. The quantitative estimate of drug-likeness (QED) is 0.504. The highest BCUT2D eigenvalue weighted by Gasteiger charge is 2.34. The zero-order valence-electron chi connectivity index (χ0n) is 22.1. The largest absolute Gasteiger partial charge is 0.496 e. The van der Waals surface area contributed by atoms with Gasteiger partial charge in [-0.3, -0.25) is 24.3 Å². The fourth-order valence-electron chi connectivity index (χ4n) is 5.50. The smallest absolute Gasteiger partial charge is 0.262 e. The molecular formula is C29H36FN3O4S. The molecule has 38 heavy (non-hydrogen) atoms. The molecule has 1 saturated heterocycles. The number of thioether (sulfide) groups is 1. The van der Waals surface area contributed by atoms with Crippen LogP contribution in [0.4, 0.5) is 4.39 Å². The van der Waals surface area contributed by atoms with Gasteiger partial charge in [0, 0.05) is 19.0 Å². The van der Waals surface area contributed by atoms with Gasteiger partial charge < -0.3 is 10.1 Å². The lowest BCUT2D eigenvalue weighted by Gasteiger charge is -2.35. The number of rotatable bonds is 8. The number of methoxy groups -OCH3 is 1. The number of amides is 3. The van der Waals surface area contributed by atoms with Gasteiger partial charge in [-0.2, -0.15) is 11.8 Å². The Kier molecular flexibility index (Phi) is 9.77. The Morgan fingerprint density at radius 2 is 1.79 bits per heavy atom. The number of hydrogen-bond donors (Lipinski definition) is 1. The maximum absolute atomic E-state index is 14.2. The first-order valence-electron chi connectivity index (χ1n) is 13.4. The van der Waals surface area contributed by atoms with Gasteiger partial charge >= 0.3 is 0 Å². The summed E-state index contributed by atoms with van der Waals surface area (Å²) >= 11 is 1.96. The minimum atomic E-state index is -0.586. The van der Waals surface area contributed by atoms with Crippen molar-refractivity contribution in [3.05, 3.63) is 59.2 Å². The van der Waals surface area contributed by atoms with Gasteiger partial charge in [-0.25, -0.2) is 4.39 Å². The Morgan fingerprint density at radius 3 is 2.47 bits per heavy atom. The minimum absolute atomic E-state index is 0.0763. The van der Waals surface area contributed by atoms with Crippen molar-refractivity contribution in [2.24, 2.45) is 5.92 Å². The summed E-state index contributed by atoms with van der Waals surface area (Å²) in [6, 6.07) is 7.88. The van der Waals surface area contributed by atoms with E-state index in [9.17, 15) is 18.8 Å². The number of hydrogen-bond acceptors (Lipinski definition) is 6. The number of para-hydroxylation sites is 1. The summed E-state index contributed by atoms with van der Waals surface area (Å²) in [4.78, 5) is 44.7. The molecule has 204 valence electrons. The van der Waals surface area contributed by atoms with Crippen molar-refractivity contribution in [1.82, 2.24) is 15.2 Å². The molecule has 1 N–H and O–H groups in total. The Hall–Kier alpha value is -2.94. The van der Waals surface area contributed by atoms with E-state index >= 15 is 0 Å². The van der Waals surface area contributed by atoms with E-state index in [1.54, 1.807) is 18.2 Å². The molecule has 0 radical (unpaired) electrons. The van der Waals surface area contributed by atoms with E-state index in [1.807, 2.05) is 17.8 Å². The van der Waals surface area contributed by atoms with Crippen molar-refractivity contribution in [3.63, 3.8) is 0 Å². The molecule has 0 spiro atoms. The fourth-order valence-corrected chi connectivity index (χ4v) is 6.70. The number of carbonyl (C=O) groups is 3. The Morgan fingerprint density at radius 1 is 1.08 bits per heavy atom. The summed E-state index contributed by atoms with van der Waals surface area (Å²) in [7, 11) is 1.53. The average molecular weight is 542 g/mol. The Labute approximate surface area is 227 Å². The van der Waals surface area contributed by atoms with Crippen molar-refractivity contribution in [2.45, 2.75) is 70.4 Å². The lowest BCUT2D eigenvalue weighted by molar-refractivity contribution is -0.128. The highest BCUT2D eigenvalue weighted by Crippen LogP contribution is 2.29. The van der Waals surface area contributed by atoms with Crippen LogP contribution in [0, 0.1) is 11.7 Å². The van der Waals surface area contributed by atoms with Crippen LogP contribution in [-0.4, -0.2) is 58.3 Å². The van der Waals surface area contributed by atoms with Crippen LogP contribution in [0.3, 0.4) is 0 Å². The lowest BCUT2D eigenvalue weighted by atomic mass is 9.89. The normalized spacial score (nSPS) is 20.0. The number of nitrogens with zero attached hydrogens (tertiary/aromatic N) is 2. The van der Waals surface area contributed by atoms with Gasteiger partial charge in [0.1, 0.15) is 11.6 Å². The first-order chi connectivity index (χ1) is 18.4.